The highest BCUT2D eigenvalue weighted by Crippen LogP contribution is 2.24. The quantitative estimate of drug-likeness (QED) is 0.860. The SMILES string of the molecule is Cc1ccc(C(=O)Nc2ccccc2OCCC(N)=O)cc1C. The van der Waals surface area contributed by atoms with E-state index in [0.29, 0.717) is 17.0 Å². The van der Waals surface area contributed by atoms with Crippen molar-refractivity contribution in [2.45, 2.75) is 20.3 Å². The average Bonchev–Trinajstić information content (AvgIpc) is 2.51. The number of nitrogens with one attached hydrogen (secondary N) is 1. The summed E-state index contributed by atoms with van der Waals surface area (Å²) in [6, 6.07) is 12.6. The topological polar surface area (TPSA) is 81.4 Å². The predicted octanol–water partition coefficient (Wildman–Crippen LogP) is 2.81. The maximum absolute atomic E-state index is 12.4. The van der Waals surface area contributed by atoms with Crippen molar-refractivity contribution in [2.75, 3.05) is 11.9 Å². The maximum atomic E-state index is 12.4. The monoisotopic (exact) mass is 312 g/mol. The van der Waals surface area contributed by atoms with E-state index >= 15 is 0 Å². The van der Waals surface area contributed by atoms with E-state index in [1.807, 2.05) is 26.0 Å². The van der Waals surface area contributed by atoms with Gasteiger partial charge in [-0.2, -0.15) is 0 Å². The zero-order valence-electron chi connectivity index (χ0n) is 13.3. The second kappa shape index (κ2) is 7.45. The van der Waals surface area contributed by atoms with Crippen molar-refractivity contribution < 1.29 is 14.3 Å². The van der Waals surface area contributed by atoms with Crippen LogP contribution in [-0.2, 0) is 4.79 Å². The molecule has 0 atom stereocenters. The molecule has 2 aromatic carbocycles. The van der Waals surface area contributed by atoms with E-state index in [0.717, 1.165) is 11.1 Å². The Bertz CT molecular complexity index is 726. The van der Waals surface area contributed by atoms with Crippen molar-refractivity contribution >= 4 is 17.5 Å². The minimum atomic E-state index is -0.429. The van der Waals surface area contributed by atoms with Gasteiger partial charge in [0.05, 0.1) is 18.7 Å². The largest absolute Gasteiger partial charge is 0.491 e. The van der Waals surface area contributed by atoms with E-state index in [1.54, 1.807) is 30.3 Å². The van der Waals surface area contributed by atoms with E-state index < -0.39 is 5.91 Å². The van der Waals surface area contributed by atoms with Crippen LogP contribution in [-0.4, -0.2) is 18.4 Å². The lowest BCUT2D eigenvalue weighted by atomic mass is 10.1. The Morgan fingerprint density at radius 2 is 1.83 bits per heavy atom. The summed E-state index contributed by atoms with van der Waals surface area (Å²) < 4.78 is 5.51. The summed E-state index contributed by atoms with van der Waals surface area (Å²) in [5.41, 5.74) is 8.42. The molecule has 120 valence electrons. The van der Waals surface area contributed by atoms with Gasteiger partial charge in [-0.1, -0.05) is 18.2 Å². The predicted molar refractivity (Wildman–Crippen MR) is 89.6 cm³/mol. The van der Waals surface area contributed by atoms with Gasteiger partial charge in [-0.25, -0.2) is 0 Å². The first-order valence-electron chi connectivity index (χ1n) is 7.36. The zero-order chi connectivity index (χ0) is 16.8. The number of carbonyl (C=O) groups excluding carboxylic acids is 2. The molecule has 5 heteroatoms. The molecule has 0 aromatic heterocycles. The van der Waals surface area contributed by atoms with Crippen LogP contribution < -0.4 is 15.8 Å². The molecule has 0 unspecified atom stereocenters. The summed E-state index contributed by atoms with van der Waals surface area (Å²) in [6.07, 6.45) is 0.124. The molecule has 2 aromatic rings. The fourth-order valence-electron chi connectivity index (χ4n) is 2.03. The van der Waals surface area contributed by atoms with Crippen LogP contribution in [0.2, 0.25) is 0 Å². The molecule has 0 aliphatic carbocycles. The highest BCUT2D eigenvalue weighted by molar-refractivity contribution is 6.05. The number of anilines is 1. The maximum Gasteiger partial charge on any atom is 0.255 e. The van der Waals surface area contributed by atoms with Crippen molar-refractivity contribution in [3.63, 3.8) is 0 Å². The Morgan fingerprint density at radius 1 is 1.09 bits per heavy atom. The molecule has 0 heterocycles. The van der Waals surface area contributed by atoms with Gasteiger partial charge in [-0.15, -0.1) is 0 Å². The molecule has 23 heavy (non-hydrogen) atoms. The molecule has 0 bridgehead atoms. The number of ether oxygens (including phenoxy) is 1. The van der Waals surface area contributed by atoms with Crippen LogP contribution in [0.25, 0.3) is 0 Å². The number of carbonyl (C=O) groups is 2. The first-order valence-corrected chi connectivity index (χ1v) is 7.36. The number of para-hydroxylation sites is 2. The number of primary amides is 1. The van der Waals surface area contributed by atoms with Gasteiger partial charge in [0.15, 0.2) is 0 Å². The third-order valence-corrected chi connectivity index (χ3v) is 3.51. The summed E-state index contributed by atoms with van der Waals surface area (Å²) in [6.45, 7) is 4.14. The van der Waals surface area contributed by atoms with Crippen LogP contribution in [0.1, 0.15) is 27.9 Å². The Balaban J connectivity index is 2.11. The molecule has 2 amide bonds. The number of rotatable bonds is 6. The van der Waals surface area contributed by atoms with Crippen molar-refractivity contribution in [3.05, 3.63) is 59.2 Å². The molecule has 0 radical (unpaired) electrons. The van der Waals surface area contributed by atoms with Crippen LogP contribution in [0.3, 0.4) is 0 Å². The Kier molecular flexibility index (Phi) is 5.36. The Hall–Kier alpha value is -2.82. The molecular formula is C18H20N2O3. The fourth-order valence-corrected chi connectivity index (χ4v) is 2.03. The number of hydrogen-bond donors (Lipinski definition) is 2. The van der Waals surface area contributed by atoms with E-state index in [-0.39, 0.29) is 18.9 Å². The third kappa shape index (κ3) is 4.57. The summed E-state index contributed by atoms with van der Waals surface area (Å²) in [7, 11) is 0. The first kappa shape index (κ1) is 16.5. The van der Waals surface area contributed by atoms with E-state index in [1.165, 1.54) is 0 Å². The zero-order valence-corrected chi connectivity index (χ0v) is 13.3. The molecular weight excluding hydrogens is 292 g/mol. The van der Waals surface area contributed by atoms with E-state index in [4.69, 9.17) is 10.5 Å². The van der Waals surface area contributed by atoms with Crippen LogP contribution >= 0.6 is 0 Å². The number of amides is 2. The number of aryl methyl sites for hydroxylation is 2. The normalized spacial score (nSPS) is 10.2. The van der Waals surface area contributed by atoms with Crippen LogP contribution in [0.4, 0.5) is 5.69 Å². The van der Waals surface area contributed by atoms with Gasteiger partial charge in [0.1, 0.15) is 5.75 Å². The molecule has 0 saturated carbocycles. The molecule has 5 nitrogen and oxygen atoms in total. The Labute approximate surface area is 135 Å². The van der Waals surface area contributed by atoms with Crippen molar-refractivity contribution in [1.82, 2.24) is 0 Å². The van der Waals surface area contributed by atoms with Gasteiger partial charge in [-0.05, 0) is 49.2 Å². The lowest BCUT2D eigenvalue weighted by molar-refractivity contribution is -0.118. The molecule has 0 spiro atoms. The second-order valence-corrected chi connectivity index (χ2v) is 5.31. The summed E-state index contributed by atoms with van der Waals surface area (Å²) in [4.78, 5) is 23.1. The van der Waals surface area contributed by atoms with Crippen molar-refractivity contribution in [1.29, 1.82) is 0 Å². The highest BCUT2D eigenvalue weighted by Gasteiger charge is 2.10. The smallest absolute Gasteiger partial charge is 0.255 e. The van der Waals surface area contributed by atoms with Gasteiger partial charge in [0.25, 0.3) is 5.91 Å². The standard InChI is InChI=1S/C18H20N2O3/c1-12-7-8-14(11-13(12)2)18(22)20-15-5-3-4-6-16(15)23-10-9-17(19)21/h3-8,11H,9-10H2,1-2H3,(H2,19,21)(H,20,22). The molecule has 0 aliphatic heterocycles. The van der Waals surface area contributed by atoms with Crippen molar-refractivity contribution in [2.24, 2.45) is 5.73 Å². The summed E-state index contributed by atoms with van der Waals surface area (Å²) in [5.74, 6) is -0.133. The minimum absolute atomic E-state index is 0.124. The number of hydrogen-bond acceptors (Lipinski definition) is 3. The molecule has 0 saturated heterocycles. The molecule has 2 rings (SSSR count). The van der Waals surface area contributed by atoms with Crippen LogP contribution in [0.15, 0.2) is 42.5 Å². The lowest BCUT2D eigenvalue weighted by Crippen LogP contribution is -2.16. The number of nitrogens with two attached hydrogens (primary N) is 1. The molecule has 0 aliphatic rings. The van der Waals surface area contributed by atoms with Gasteiger partial charge in [-0.3, -0.25) is 9.59 Å². The Morgan fingerprint density at radius 3 is 2.52 bits per heavy atom. The van der Waals surface area contributed by atoms with Gasteiger partial charge >= 0.3 is 0 Å². The fraction of sp³-hybridized carbons (Fsp3) is 0.222. The number of benzene rings is 2. The van der Waals surface area contributed by atoms with Gasteiger partial charge < -0.3 is 15.8 Å². The lowest BCUT2D eigenvalue weighted by Gasteiger charge is -2.12. The minimum Gasteiger partial charge on any atom is -0.491 e. The second-order valence-electron chi connectivity index (χ2n) is 5.31. The third-order valence-electron chi connectivity index (χ3n) is 3.51. The summed E-state index contributed by atoms with van der Waals surface area (Å²) >= 11 is 0. The van der Waals surface area contributed by atoms with Crippen LogP contribution in [0, 0.1) is 13.8 Å². The van der Waals surface area contributed by atoms with E-state index in [2.05, 4.69) is 5.32 Å². The molecule has 0 fully saturated rings. The summed E-state index contributed by atoms with van der Waals surface area (Å²) in [5, 5.41) is 2.83. The van der Waals surface area contributed by atoms with E-state index in [9.17, 15) is 9.59 Å². The first-order chi connectivity index (χ1) is 11.0. The molecule has 3 N–H and O–H groups in total. The van der Waals surface area contributed by atoms with Crippen molar-refractivity contribution in [3.8, 4) is 5.75 Å². The highest BCUT2D eigenvalue weighted by atomic mass is 16.5. The van der Waals surface area contributed by atoms with Gasteiger partial charge in [0.2, 0.25) is 5.91 Å². The van der Waals surface area contributed by atoms with Gasteiger partial charge in [0, 0.05) is 5.56 Å². The average molecular weight is 312 g/mol. The van der Waals surface area contributed by atoms with Crippen LogP contribution in [0.5, 0.6) is 5.75 Å².